The fourth-order valence-corrected chi connectivity index (χ4v) is 1.89. The number of aryl methyl sites for hydroxylation is 1. The van der Waals surface area contributed by atoms with Crippen LogP contribution >= 0.6 is 0 Å². The van der Waals surface area contributed by atoms with Crippen molar-refractivity contribution in [1.82, 2.24) is 15.3 Å². The van der Waals surface area contributed by atoms with E-state index in [2.05, 4.69) is 10.2 Å². The van der Waals surface area contributed by atoms with Gasteiger partial charge >= 0.3 is 5.97 Å². The third-order valence-electron chi connectivity index (χ3n) is 2.94. The second-order valence-electron chi connectivity index (χ2n) is 4.39. The number of carbonyl (C=O) groups excluding carboxylic acids is 3. The SMILES string of the molecule is Cc1ccc(C(=O)ON2C(=O)c3ccccc3C2=O)nn1. The summed E-state index contributed by atoms with van der Waals surface area (Å²) in [6.07, 6.45) is 0. The molecule has 0 N–H and O–H groups in total. The fraction of sp³-hybridized carbons (Fsp3) is 0.0714. The highest BCUT2D eigenvalue weighted by atomic mass is 16.7. The molecule has 0 spiro atoms. The first-order valence-electron chi connectivity index (χ1n) is 6.08. The maximum atomic E-state index is 12.0. The van der Waals surface area contributed by atoms with Crippen LogP contribution in [-0.2, 0) is 4.84 Å². The van der Waals surface area contributed by atoms with E-state index in [-0.39, 0.29) is 16.8 Å². The molecule has 7 nitrogen and oxygen atoms in total. The summed E-state index contributed by atoms with van der Waals surface area (Å²) in [6, 6.07) is 9.22. The van der Waals surface area contributed by atoms with Crippen LogP contribution in [0.2, 0.25) is 0 Å². The Morgan fingerprint density at radius 2 is 1.62 bits per heavy atom. The lowest BCUT2D eigenvalue weighted by molar-refractivity contribution is -0.0589. The van der Waals surface area contributed by atoms with Crippen LogP contribution in [0, 0.1) is 6.92 Å². The molecule has 2 amide bonds. The Morgan fingerprint density at radius 1 is 1.00 bits per heavy atom. The lowest BCUT2D eigenvalue weighted by atomic mass is 10.1. The predicted octanol–water partition coefficient (Wildman–Crippen LogP) is 1.15. The van der Waals surface area contributed by atoms with Gasteiger partial charge in [-0.2, -0.15) is 5.10 Å². The van der Waals surface area contributed by atoms with Crippen molar-refractivity contribution in [2.75, 3.05) is 0 Å². The van der Waals surface area contributed by atoms with Crippen molar-refractivity contribution in [3.63, 3.8) is 0 Å². The van der Waals surface area contributed by atoms with Crippen LogP contribution in [-0.4, -0.2) is 33.0 Å². The van der Waals surface area contributed by atoms with Crippen molar-refractivity contribution in [3.05, 3.63) is 58.9 Å². The Morgan fingerprint density at radius 3 is 2.14 bits per heavy atom. The molecule has 104 valence electrons. The molecule has 1 aromatic carbocycles. The lowest BCUT2D eigenvalue weighted by Crippen LogP contribution is -2.33. The summed E-state index contributed by atoms with van der Waals surface area (Å²) in [4.78, 5) is 40.8. The third-order valence-corrected chi connectivity index (χ3v) is 2.94. The Hall–Kier alpha value is -3.09. The van der Waals surface area contributed by atoms with Crippen molar-refractivity contribution >= 4 is 17.8 Å². The van der Waals surface area contributed by atoms with Crippen molar-refractivity contribution < 1.29 is 19.2 Å². The molecular formula is C14H9N3O4. The van der Waals surface area contributed by atoms with Gasteiger partial charge in [0.05, 0.1) is 16.8 Å². The highest BCUT2D eigenvalue weighted by Crippen LogP contribution is 2.23. The summed E-state index contributed by atoms with van der Waals surface area (Å²) >= 11 is 0. The number of aromatic nitrogens is 2. The Labute approximate surface area is 119 Å². The van der Waals surface area contributed by atoms with Gasteiger partial charge in [0, 0.05) is 0 Å². The molecule has 0 radical (unpaired) electrons. The smallest absolute Gasteiger partial charge is 0.322 e. The van der Waals surface area contributed by atoms with Crippen LogP contribution in [0.25, 0.3) is 0 Å². The number of amides is 2. The van der Waals surface area contributed by atoms with E-state index in [1.54, 1.807) is 25.1 Å². The zero-order valence-electron chi connectivity index (χ0n) is 10.9. The molecule has 2 heterocycles. The van der Waals surface area contributed by atoms with Gasteiger partial charge in [0.15, 0.2) is 5.69 Å². The van der Waals surface area contributed by atoms with E-state index < -0.39 is 17.8 Å². The van der Waals surface area contributed by atoms with E-state index in [0.717, 1.165) is 0 Å². The van der Waals surface area contributed by atoms with Gasteiger partial charge in [0.25, 0.3) is 11.8 Å². The zero-order chi connectivity index (χ0) is 15.0. The van der Waals surface area contributed by atoms with E-state index in [4.69, 9.17) is 4.84 Å². The van der Waals surface area contributed by atoms with E-state index in [0.29, 0.717) is 10.8 Å². The largest absolute Gasteiger partial charge is 0.384 e. The number of hydrogen-bond donors (Lipinski definition) is 0. The Kier molecular flexibility index (Phi) is 2.94. The van der Waals surface area contributed by atoms with Crippen molar-refractivity contribution in [2.24, 2.45) is 0 Å². The first-order valence-corrected chi connectivity index (χ1v) is 6.08. The van der Waals surface area contributed by atoms with E-state index >= 15 is 0 Å². The van der Waals surface area contributed by atoms with Gasteiger partial charge in [0.2, 0.25) is 0 Å². The Bertz CT molecular complexity index is 720. The number of nitrogens with zero attached hydrogens (tertiary/aromatic N) is 3. The number of hydroxylamine groups is 2. The lowest BCUT2D eigenvalue weighted by Gasteiger charge is -2.11. The maximum absolute atomic E-state index is 12.0. The molecule has 2 aromatic rings. The molecule has 0 atom stereocenters. The van der Waals surface area contributed by atoms with Crippen molar-refractivity contribution in [2.45, 2.75) is 6.92 Å². The number of hydrogen-bond acceptors (Lipinski definition) is 6. The fourth-order valence-electron chi connectivity index (χ4n) is 1.89. The van der Waals surface area contributed by atoms with Crippen LogP contribution in [0.1, 0.15) is 36.9 Å². The second kappa shape index (κ2) is 4.78. The molecule has 21 heavy (non-hydrogen) atoms. The Balaban J connectivity index is 1.84. The number of rotatable bonds is 2. The summed E-state index contributed by atoms with van der Waals surface area (Å²) in [5.41, 5.74) is 0.944. The minimum atomic E-state index is -0.919. The van der Waals surface area contributed by atoms with E-state index in [9.17, 15) is 14.4 Å². The monoisotopic (exact) mass is 283 g/mol. The number of benzene rings is 1. The molecular weight excluding hydrogens is 274 g/mol. The zero-order valence-corrected chi connectivity index (χ0v) is 10.9. The molecule has 0 saturated heterocycles. The van der Waals surface area contributed by atoms with Gasteiger partial charge in [-0.1, -0.05) is 17.2 Å². The summed E-state index contributed by atoms with van der Waals surface area (Å²) in [5.74, 6) is -2.27. The molecule has 1 aliphatic rings. The molecule has 1 aromatic heterocycles. The molecule has 0 unspecified atom stereocenters. The molecule has 7 heteroatoms. The standard InChI is InChI=1S/C14H9N3O4/c1-8-6-7-11(16-15-8)14(20)21-17-12(18)9-4-2-3-5-10(9)13(17)19/h2-7H,1H3. The topological polar surface area (TPSA) is 89.5 Å². The van der Waals surface area contributed by atoms with Gasteiger partial charge in [-0.3, -0.25) is 9.59 Å². The molecule has 1 aliphatic heterocycles. The highest BCUT2D eigenvalue weighted by Gasteiger charge is 2.38. The van der Waals surface area contributed by atoms with Gasteiger partial charge < -0.3 is 4.84 Å². The van der Waals surface area contributed by atoms with Gasteiger partial charge in [-0.05, 0) is 31.2 Å². The molecule has 0 aliphatic carbocycles. The predicted molar refractivity (Wildman–Crippen MR) is 69.1 cm³/mol. The van der Waals surface area contributed by atoms with Crippen LogP contribution < -0.4 is 0 Å². The number of imide groups is 1. The normalized spacial score (nSPS) is 13.3. The summed E-state index contributed by atoms with van der Waals surface area (Å²) in [5, 5.41) is 7.80. The van der Waals surface area contributed by atoms with Crippen LogP contribution in [0.15, 0.2) is 36.4 Å². The summed E-state index contributed by atoms with van der Waals surface area (Å²) in [6.45, 7) is 1.71. The first kappa shape index (κ1) is 12.9. The van der Waals surface area contributed by atoms with Crippen molar-refractivity contribution in [1.29, 1.82) is 0 Å². The van der Waals surface area contributed by atoms with Gasteiger partial charge in [0.1, 0.15) is 0 Å². The number of fused-ring (bicyclic) bond motifs is 1. The average Bonchev–Trinajstić information content (AvgIpc) is 2.73. The molecule has 0 bridgehead atoms. The number of carbonyl (C=O) groups is 3. The van der Waals surface area contributed by atoms with E-state index in [1.807, 2.05) is 0 Å². The minimum absolute atomic E-state index is 0.0860. The maximum Gasteiger partial charge on any atom is 0.384 e. The van der Waals surface area contributed by atoms with Gasteiger partial charge in [-0.15, -0.1) is 5.10 Å². The van der Waals surface area contributed by atoms with Crippen molar-refractivity contribution in [3.8, 4) is 0 Å². The van der Waals surface area contributed by atoms with Gasteiger partial charge in [-0.25, -0.2) is 4.79 Å². The van der Waals surface area contributed by atoms with Crippen LogP contribution in [0.5, 0.6) is 0 Å². The second-order valence-corrected chi connectivity index (χ2v) is 4.39. The molecule has 0 fully saturated rings. The van der Waals surface area contributed by atoms with Crippen LogP contribution in [0.4, 0.5) is 0 Å². The quantitative estimate of drug-likeness (QED) is 0.768. The molecule has 0 saturated carbocycles. The minimum Gasteiger partial charge on any atom is -0.322 e. The third kappa shape index (κ3) is 2.14. The van der Waals surface area contributed by atoms with Crippen LogP contribution in [0.3, 0.4) is 0 Å². The highest BCUT2D eigenvalue weighted by molar-refractivity contribution is 6.21. The average molecular weight is 283 g/mol. The summed E-state index contributed by atoms with van der Waals surface area (Å²) in [7, 11) is 0. The summed E-state index contributed by atoms with van der Waals surface area (Å²) < 4.78 is 0. The van der Waals surface area contributed by atoms with E-state index in [1.165, 1.54) is 18.2 Å². The first-order chi connectivity index (χ1) is 10.1. The molecule has 3 rings (SSSR count).